The quantitative estimate of drug-likeness (QED) is 0.648. The van der Waals surface area contributed by atoms with Crippen molar-refractivity contribution in [1.29, 1.82) is 0 Å². The minimum Gasteiger partial charge on any atom is -0.493 e. The zero-order chi connectivity index (χ0) is 13.8. The summed E-state index contributed by atoms with van der Waals surface area (Å²) in [6.07, 6.45) is 0. The van der Waals surface area contributed by atoms with Crippen LogP contribution in [0.2, 0.25) is 0 Å². The Morgan fingerprint density at radius 2 is 1.79 bits per heavy atom. The molecule has 0 atom stereocenters. The van der Waals surface area contributed by atoms with E-state index in [4.69, 9.17) is 9.47 Å². The zero-order valence-electron chi connectivity index (χ0n) is 11.0. The Morgan fingerprint density at radius 1 is 1.21 bits per heavy atom. The maximum atomic E-state index is 11.2. The van der Waals surface area contributed by atoms with Gasteiger partial charge in [0, 0.05) is 32.2 Å². The van der Waals surface area contributed by atoms with Gasteiger partial charge in [0.05, 0.1) is 25.2 Å². The lowest BCUT2D eigenvalue weighted by Gasteiger charge is -2.29. The largest absolute Gasteiger partial charge is 0.493 e. The number of nitrogens with zero attached hydrogens (tertiary/aromatic N) is 2. The molecule has 1 N–H and O–H groups in total. The molecule has 0 radical (unpaired) electrons. The molecule has 1 heterocycles. The van der Waals surface area contributed by atoms with Crippen LogP contribution in [-0.2, 0) is 0 Å². The molecule has 2 rings (SSSR count). The second-order valence-corrected chi connectivity index (χ2v) is 4.19. The van der Waals surface area contributed by atoms with Gasteiger partial charge in [0.25, 0.3) is 5.69 Å². The Kier molecular flexibility index (Phi) is 4.06. The van der Waals surface area contributed by atoms with Gasteiger partial charge in [-0.15, -0.1) is 0 Å². The third-order valence-corrected chi connectivity index (χ3v) is 3.14. The van der Waals surface area contributed by atoms with Gasteiger partial charge < -0.3 is 19.7 Å². The number of anilines is 1. The van der Waals surface area contributed by atoms with Gasteiger partial charge in [0.2, 0.25) is 0 Å². The first-order valence-corrected chi connectivity index (χ1v) is 6.03. The summed E-state index contributed by atoms with van der Waals surface area (Å²) in [7, 11) is 2.98. The minimum absolute atomic E-state index is 0.0413. The van der Waals surface area contributed by atoms with Crippen LogP contribution in [-0.4, -0.2) is 45.3 Å². The van der Waals surface area contributed by atoms with Crippen molar-refractivity contribution >= 4 is 11.4 Å². The van der Waals surface area contributed by atoms with E-state index < -0.39 is 0 Å². The van der Waals surface area contributed by atoms with Crippen LogP contribution in [0.5, 0.6) is 11.5 Å². The minimum atomic E-state index is -0.390. The summed E-state index contributed by atoms with van der Waals surface area (Å²) in [5, 5.41) is 14.4. The van der Waals surface area contributed by atoms with Gasteiger partial charge in [-0.2, -0.15) is 0 Å². The molecule has 1 saturated heterocycles. The Bertz CT molecular complexity index is 472. The number of nitro groups is 1. The summed E-state index contributed by atoms with van der Waals surface area (Å²) in [4.78, 5) is 12.8. The first-order chi connectivity index (χ1) is 9.17. The van der Waals surface area contributed by atoms with Crippen LogP contribution in [0.25, 0.3) is 0 Å². The summed E-state index contributed by atoms with van der Waals surface area (Å²) in [5.41, 5.74) is 0.615. The predicted molar refractivity (Wildman–Crippen MR) is 71.3 cm³/mol. The van der Waals surface area contributed by atoms with Crippen LogP contribution in [0.3, 0.4) is 0 Å². The zero-order valence-corrected chi connectivity index (χ0v) is 11.0. The van der Waals surface area contributed by atoms with Crippen LogP contribution < -0.4 is 19.7 Å². The van der Waals surface area contributed by atoms with Gasteiger partial charge in [-0.1, -0.05) is 0 Å². The predicted octanol–water partition coefficient (Wildman–Crippen LogP) is 1.02. The highest BCUT2D eigenvalue weighted by molar-refractivity contribution is 5.70. The number of methoxy groups -OCH3 is 2. The number of piperazine rings is 1. The molecule has 1 aliphatic rings. The number of hydrogen-bond donors (Lipinski definition) is 1. The van der Waals surface area contributed by atoms with E-state index in [9.17, 15) is 10.1 Å². The highest BCUT2D eigenvalue weighted by Crippen LogP contribution is 2.39. The number of nitro benzene ring substituents is 1. The molecule has 0 spiro atoms. The maximum absolute atomic E-state index is 11.2. The molecular weight excluding hydrogens is 250 g/mol. The monoisotopic (exact) mass is 267 g/mol. The molecule has 19 heavy (non-hydrogen) atoms. The Balaban J connectivity index is 2.46. The van der Waals surface area contributed by atoms with Crippen LogP contribution in [0, 0.1) is 10.1 Å². The SMILES string of the molecule is COc1cc(N2CCNCC2)c([N+](=O)[O-])cc1OC. The summed E-state index contributed by atoms with van der Waals surface area (Å²) in [6, 6.07) is 3.08. The molecule has 1 aromatic carbocycles. The van der Waals surface area contributed by atoms with Crippen molar-refractivity contribution < 1.29 is 14.4 Å². The first kappa shape index (κ1) is 13.4. The standard InChI is InChI=1S/C12H17N3O4/c1-18-11-7-9(14-5-3-13-4-6-14)10(15(16)17)8-12(11)19-2/h7-8,13H,3-6H2,1-2H3. The fourth-order valence-corrected chi connectivity index (χ4v) is 2.16. The van der Waals surface area contributed by atoms with E-state index in [1.807, 2.05) is 4.90 Å². The first-order valence-electron chi connectivity index (χ1n) is 6.03. The Labute approximate surface area is 111 Å². The lowest BCUT2D eigenvalue weighted by molar-refractivity contribution is -0.384. The smallest absolute Gasteiger partial charge is 0.296 e. The molecular formula is C12H17N3O4. The average Bonchev–Trinajstić information content (AvgIpc) is 2.46. The Hall–Kier alpha value is -2.02. The average molecular weight is 267 g/mol. The molecule has 104 valence electrons. The fourth-order valence-electron chi connectivity index (χ4n) is 2.16. The van der Waals surface area contributed by atoms with E-state index in [1.165, 1.54) is 20.3 Å². The third kappa shape index (κ3) is 2.70. The second kappa shape index (κ2) is 5.75. The second-order valence-electron chi connectivity index (χ2n) is 4.19. The Morgan fingerprint density at radius 3 is 2.32 bits per heavy atom. The highest BCUT2D eigenvalue weighted by atomic mass is 16.6. The van der Waals surface area contributed by atoms with Crippen molar-refractivity contribution in [3.05, 3.63) is 22.2 Å². The van der Waals surface area contributed by atoms with Crippen LogP contribution in [0.15, 0.2) is 12.1 Å². The lowest BCUT2D eigenvalue weighted by atomic mass is 10.2. The maximum Gasteiger partial charge on any atom is 0.296 e. The highest BCUT2D eigenvalue weighted by Gasteiger charge is 2.24. The van der Waals surface area contributed by atoms with Crippen molar-refractivity contribution in [2.24, 2.45) is 0 Å². The third-order valence-electron chi connectivity index (χ3n) is 3.14. The van der Waals surface area contributed by atoms with E-state index in [2.05, 4.69) is 5.32 Å². The normalized spacial score (nSPS) is 15.2. The van der Waals surface area contributed by atoms with Gasteiger partial charge in [-0.05, 0) is 0 Å². The number of ether oxygens (including phenoxy) is 2. The van der Waals surface area contributed by atoms with Crippen molar-refractivity contribution in [3.8, 4) is 11.5 Å². The number of benzene rings is 1. The van der Waals surface area contributed by atoms with E-state index >= 15 is 0 Å². The summed E-state index contributed by atoms with van der Waals surface area (Å²) in [6.45, 7) is 3.09. The van der Waals surface area contributed by atoms with Gasteiger partial charge in [-0.25, -0.2) is 0 Å². The number of rotatable bonds is 4. The van der Waals surface area contributed by atoms with Gasteiger partial charge in [-0.3, -0.25) is 10.1 Å². The molecule has 0 saturated carbocycles. The number of hydrogen-bond acceptors (Lipinski definition) is 6. The number of nitrogens with one attached hydrogen (secondary N) is 1. The molecule has 0 bridgehead atoms. The van der Waals surface area contributed by atoms with Gasteiger partial charge >= 0.3 is 0 Å². The topological polar surface area (TPSA) is 76.9 Å². The van der Waals surface area contributed by atoms with Crippen molar-refractivity contribution in [2.45, 2.75) is 0 Å². The van der Waals surface area contributed by atoms with Gasteiger partial charge in [0.15, 0.2) is 11.5 Å². The fraction of sp³-hybridized carbons (Fsp3) is 0.500. The van der Waals surface area contributed by atoms with E-state index in [-0.39, 0.29) is 10.6 Å². The van der Waals surface area contributed by atoms with Crippen molar-refractivity contribution in [2.75, 3.05) is 45.3 Å². The van der Waals surface area contributed by atoms with Gasteiger partial charge in [0.1, 0.15) is 5.69 Å². The van der Waals surface area contributed by atoms with E-state index in [1.54, 1.807) is 6.07 Å². The van der Waals surface area contributed by atoms with E-state index in [0.717, 1.165) is 26.2 Å². The lowest BCUT2D eigenvalue weighted by Crippen LogP contribution is -2.43. The summed E-state index contributed by atoms with van der Waals surface area (Å²) >= 11 is 0. The molecule has 7 nitrogen and oxygen atoms in total. The molecule has 0 aliphatic carbocycles. The van der Waals surface area contributed by atoms with Crippen molar-refractivity contribution in [3.63, 3.8) is 0 Å². The molecule has 0 aromatic heterocycles. The molecule has 0 amide bonds. The van der Waals surface area contributed by atoms with Crippen LogP contribution in [0.1, 0.15) is 0 Å². The summed E-state index contributed by atoms with van der Waals surface area (Å²) in [5.74, 6) is 0.870. The molecule has 1 aromatic rings. The molecule has 7 heteroatoms. The van der Waals surface area contributed by atoms with E-state index in [0.29, 0.717) is 17.2 Å². The summed E-state index contributed by atoms with van der Waals surface area (Å²) < 4.78 is 10.3. The molecule has 0 unspecified atom stereocenters. The molecule has 1 fully saturated rings. The van der Waals surface area contributed by atoms with Crippen molar-refractivity contribution in [1.82, 2.24) is 5.32 Å². The van der Waals surface area contributed by atoms with Crippen LogP contribution in [0.4, 0.5) is 11.4 Å². The molecule has 1 aliphatic heterocycles. The van der Waals surface area contributed by atoms with Crippen LogP contribution >= 0.6 is 0 Å².